The zero-order valence-electron chi connectivity index (χ0n) is 7.37. The summed E-state index contributed by atoms with van der Waals surface area (Å²) in [5.74, 6) is -0.571. The molecule has 0 bridgehead atoms. The largest absolute Gasteiger partial charge is 0.508 e. The Morgan fingerprint density at radius 2 is 1.86 bits per heavy atom. The van der Waals surface area contributed by atoms with Gasteiger partial charge in [-0.05, 0) is 17.7 Å². The van der Waals surface area contributed by atoms with E-state index in [1.54, 1.807) is 12.1 Å². The average molecular weight is 187 g/mol. The van der Waals surface area contributed by atoms with Gasteiger partial charge in [-0.3, -0.25) is 0 Å². The molecule has 0 aliphatic heterocycles. The van der Waals surface area contributed by atoms with E-state index >= 15 is 0 Å². The Balaban J connectivity index is 2.53. The Kier molecular flexibility index (Phi) is 2.19. The quantitative estimate of drug-likeness (QED) is 0.727. The van der Waals surface area contributed by atoms with E-state index in [2.05, 4.69) is 6.07 Å². The third-order valence-electron chi connectivity index (χ3n) is 1.94. The molecular formula is C12H8FO. The molecule has 2 aromatic carbocycles. The van der Waals surface area contributed by atoms with Crippen molar-refractivity contribution in [1.82, 2.24) is 0 Å². The van der Waals surface area contributed by atoms with Crippen LogP contribution in [0.2, 0.25) is 0 Å². The monoisotopic (exact) mass is 187 g/mol. The molecule has 2 rings (SSSR count). The first kappa shape index (κ1) is 8.75. The van der Waals surface area contributed by atoms with Crippen molar-refractivity contribution in [2.75, 3.05) is 0 Å². The number of rotatable bonds is 1. The van der Waals surface area contributed by atoms with Gasteiger partial charge in [0.2, 0.25) is 0 Å². The van der Waals surface area contributed by atoms with Gasteiger partial charge >= 0.3 is 0 Å². The van der Waals surface area contributed by atoms with E-state index < -0.39 is 5.82 Å². The first-order chi connectivity index (χ1) is 6.77. The molecule has 2 aromatic rings. The van der Waals surface area contributed by atoms with Crippen LogP contribution in [0.5, 0.6) is 5.75 Å². The molecule has 0 unspecified atom stereocenters. The van der Waals surface area contributed by atoms with Crippen molar-refractivity contribution in [2.24, 2.45) is 0 Å². The fourth-order valence-electron chi connectivity index (χ4n) is 1.28. The lowest BCUT2D eigenvalue weighted by Gasteiger charge is -2.02. The second-order valence-corrected chi connectivity index (χ2v) is 2.95. The Hall–Kier alpha value is -1.83. The van der Waals surface area contributed by atoms with Gasteiger partial charge in [0.15, 0.2) is 0 Å². The van der Waals surface area contributed by atoms with Crippen LogP contribution in [-0.4, -0.2) is 5.11 Å². The van der Waals surface area contributed by atoms with Crippen LogP contribution in [0, 0.1) is 11.9 Å². The van der Waals surface area contributed by atoms with E-state index in [0.29, 0.717) is 5.56 Å². The van der Waals surface area contributed by atoms with E-state index in [1.807, 2.05) is 18.2 Å². The van der Waals surface area contributed by atoms with Gasteiger partial charge in [0, 0.05) is 11.6 Å². The summed E-state index contributed by atoms with van der Waals surface area (Å²) in [4.78, 5) is 0. The summed E-state index contributed by atoms with van der Waals surface area (Å²) in [6.45, 7) is 0. The third kappa shape index (κ3) is 1.59. The smallest absolute Gasteiger partial charge is 0.135 e. The van der Waals surface area contributed by atoms with Crippen molar-refractivity contribution < 1.29 is 9.50 Å². The predicted octanol–water partition coefficient (Wildman–Crippen LogP) is 3.00. The normalized spacial score (nSPS) is 10.1. The number of aromatic hydroxyl groups is 1. The van der Waals surface area contributed by atoms with Gasteiger partial charge in [-0.2, -0.15) is 0 Å². The number of phenols is 1. The van der Waals surface area contributed by atoms with Gasteiger partial charge in [-0.15, -0.1) is 0 Å². The highest BCUT2D eigenvalue weighted by molar-refractivity contribution is 5.63. The first-order valence-corrected chi connectivity index (χ1v) is 4.23. The fraction of sp³-hybridized carbons (Fsp3) is 0. The van der Waals surface area contributed by atoms with Crippen molar-refractivity contribution in [1.29, 1.82) is 0 Å². The highest BCUT2D eigenvalue weighted by Gasteiger charge is 2.04. The molecule has 0 saturated heterocycles. The summed E-state index contributed by atoms with van der Waals surface area (Å²) in [5.41, 5.74) is 1.13. The molecule has 0 amide bonds. The van der Waals surface area contributed by atoms with E-state index in [-0.39, 0.29) is 5.75 Å². The Labute approximate surface area is 81.4 Å². The van der Waals surface area contributed by atoms with Crippen LogP contribution >= 0.6 is 0 Å². The van der Waals surface area contributed by atoms with Crippen molar-refractivity contribution in [3.8, 4) is 16.9 Å². The minimum absolute atomic E-state index is 0.109. The van der Waals surface area contributed by atoms with E-state index in [0.717, 1.165) is 11.6 Å². The van der Waals surface area contributed by atoms with Gasteiger partial charge in [0.25, 0.3) is 0 Å². The molecule has 0 fully saturated rings. The number of hydrogen-bond acceptors (Lipinski definition) is 1. The van der Waals surface area contributed by atoms with Crippen LogP contribution in [-0.2, 0) is 0 Å². The Bertz CT molecular complexity index is 437. The number of benzene rings is 2. The summed E-state index contributed by atoms with van der Waals surface area (Å²) in [6.07, 6.45) is 0. The molecular weight excluding hydrogens is 179 g/mol. The second kappa shape index (κ2) is 3.50. The van der Waals surface area contributed by atoms with Gasteiger partial charge in [-0.25, -0.2) is 4.39 Å². The SMILES string of the molecule is Oc1c[c]c(-c2ccccc2)c(F)c1. The molecule has 0 atom stereocenters. The molecule has 69 valence electrons. The minimum atomic E-state index is -0.462. The van der Waals surface area contributed by atoms with Crippen LogP contribution in [0.3, 0.4) is 0 Å². The zero-order valence-corrected chi connectivity index (χ0v) is 7.37. The molecule has 0 aliphatic rings. The molecule has 1 N–H and O–H groups in total. The molecule has 0 spiro atoms. The molecule has 1 nitrogen and oxygen atoms in total. The first-order valence-electron chi connectivity index (χ1n) is 4.23. The van der Waals surface area contributed by atoms with E-state index in [1.165, 1.54) is 6.07 Å². The van der Waals surface area contributed by atoms with Crippen molar-refractivity contribution in [3.05, 3.63) is 54.3 Å². The molecule has 1 radical (unpaired) electrons. The summed E-state index contributed by atoms with van der Waals surface area (Å²) in [5, 5.41) is 9.01. The van der Waals surface area contributed by atoms with E-state index in [4.69, 9.17) is 5.11 Å². The number of halogens is 1. The molecule has 2 heteroatoms. The minimum Gasteiger partial charge on any atom is -0.508 e. The molecule has 0 heterocycles. The van der Waals surface area contributed by atoms with Gasteiger partial charge in [0.05, 0.1) is 0 Å². The van der Waals surface area contributed by atoms with Crippen LogP contribution in [0.4, 0.5) is 4.39 Å². The van der Waals surface area contributed by atoms with Gasteiger partial charge in [-0.1, -0.05) is 30.3 Å². The Morgan fingerprint density at radius 1 is 1.14 bits per heavy atom. The van der Waals surface area contributed by atoms with Crippen molar-refractivity contribution >= 4 is 0 Å². The summed E-state index contributed by atoms with van der Waals surface area (Å²) >= 11 is 0. The molecule has 0 saturated carbocycles. The lowest BCUT2D eigenvalue weighted by Crippen LogP contribution is -1.83. The highest BCUT2D eigenvalue weighted by atomic mass is 19.1. The number of phenolic OH excluding ortho intramolecular Hbond substituents is 1. The number of hydrogen-bond donors (Lipinski definition) is 1. The third-order valence-corrected chi connectivity index (χ3v) is 1.94. The summed E-state index contributed by atoms with van der Waals surface area (Å²) in [6, 6.07) is 14.2. The average Bonchev–Trinajstić information content (AvgIpc) is 2.19. The van der Waals surface area contributed by atoms with E-state index in [9.17, 15) is 4.39 Å². The molecule has 14 heavy (non-hydrogen) atoms. The van der Waals surface area contributed by atoms with Gasteiger partial charge in [0.1, 0.15) is 11.6 Å². The summed E-state index contributed by atoms with van der Waals surface area (Å²) < 4.78 is 13.3. The van der Waals surface area contributed by atoms with Crippen LogP contribution in [0.1, 0.15) is 0 Å². The van der Waals surface area contributed by atoms with Gasteiger partial charge < -0.3 is 5.11 Å². The van der Waals surface area contributed by atoms with Crippen LogP contribution in [0.25, 0.3) is 11.1 Å². The second-order valence-electron chi connectivity index (χ2n) is 2.95. The maximum atomic E-state index is 13.3. The fourth-order valence-corrected chi connectivity index (χ4v) is 1.28. The highest BCUT2D eigenvalue weighted by Crippen LogP contribution is 2.24. The van der Waals surface area contributed by atoms with Crippen molar-refractivity contribution in [3.63, 3.8) is 0 Å². The van der Waals surface area contributed by atoms with Crippen LogP contribution in [0.15, 0.2) is 42.5 Å². The molecule has 0 aromatic heterocycles. The Morgan fingerprint density at radius 3 is 2.50 bits per heavy atom. The lowest BCUT2D eigenvalue weighted by atomic mass is 10.1. The maximum absolute atomic E-state index is 13.3. The molecule has 0 aliphatic carbocycles. The predicted molar refractivity (Wildman–Crippen MR) is 52.3 cm³/mol. The maximum Gasteiger partial charge on any atom is 0.135 e. The zero-order chi connectivity index (χ0) is 9.97. The van der Waals surface area contributed by atoms with Crippen LogP contribution < -0.4 is 0 Å². The standard InChI is InChI=1S/C12H8FO/c13-12-8-10(14)6-7-11(12)9-4-2-1-3-5-9/h1-6,8,14H. The summed E-state index contributed by atoms with van der Waals surface area (Å²) in [7, 11) is 0. The van der Waals surface area contributed by atoms with Crippen molar-refractivity contribution in [2.45, 2.75) is 0 Å². The topological polar surface area (TPSA) is 20.2 Å². The lowest BCUT2D eigenvalue weighted by molar-refractivity contribution is 0.469.